The molecule has 0 bridgehead atoms. The molecule has 3 N–H and O–H groups in total. The number of carbonyl (C=O) groups is 1. The third-order valence-corrected chi connectivity index (χ3v) is 3.45. The molecule has 0 fully saturated rings. The summed E-state index contributed by atoms with van der Waals surface area (Å²) in [5, 5.41) is 3.02. The minimum absolute atomic E-state index is 0.0175. The van der Waals surface area contributed by atoms with Gasteiger partial charge >= 0.3 is 0 Å². The fourth-order valence-corrected chi connectivity index (χ4v) is 2.11. The molecule has 1 rings (SSSR count). The van der Waals surface area contributed by atoms with Crippen LogP contribution in [-0.4, -0.2) is 19.1 Å². The zero-order valence-corrected chi connectivity index (χ0v) is 12.8. The van der Waals surface area contributed by atoms with Crippen molar-refractivity contribution in [1.29, 1.82) is 0 Å². The van der Waals surface area contributed by atoms with Crippen molar-refractivity contribution in [1.82, 2.24) is 5.32 Å². The molecule has 0 heterocycles. The van der Waals surface area contributed by atoms with Gasteiger partial charge in [0.05, 0.1) is 18.6 Å². The molecule has 20 heavy (non-hydrogen) atoms. The molecule has 0 aliphatic heterocycles. The Morgan fingerprint density at radius 1 is 1.25 bits per heavy atom. The molecule has 0 aliphatic carbocycles. The molecule has 2 atom stereocenters. The Bertz CT molecular complexity index is 415. The van der Waals surface area contributed by atoms with Crippen molar-refractivity contribution in [2.75, 3.05) is 13.2 Å². The van der Waals surface area contributed by atoms with E-state index in [1.165, 1.54) is 0 Å². The Labute approximate surface area is 121 Å². The first kappa shape index (κ1) is 16.5. The van der Waals surface area contributed by atoms with E-state index in [1.807, 2.05) is 52.0 Å². The first-order chi connectivity index (χ1) is 9.49. The van der Waals surface area contributed by atoms with E-state index in [0.29, 0.717) is 13.2 Å². The normalized spacial score (nSPS) is 13.9. The second-order valence-corrected chi connectivity index (χ2v) is 5.32. The predicted molar refractivity (Wildman–Crippen MR) is 81.6 cm³/mol. The maximum atomic E-state index is 12.2. The Balaban J connectivity index is 2.65. The Hall–Kier alpha value is -1.55. The van der Waals surface area contributed by atoms with Crippen molar-refractivity contribution < 1.29 is 9.53 Å². The minimum Gasteiger partial charge on any atom is -0.494 e. The molecular formula is C16H26N2O2. The summed E-state index contributed by atoms with van der Waals surface area (Å²) < 4.78 is 5.40. The molecule has 1 aromatic rings. The van der Waals surface area contributed by atoms with E-state index in [0.717, 1.165) is 11.3 Å². The zero-order valence-electron chi connectivity index (χ0n) is 12.8. The van der Waals surface area contributed by atoms with E-state index in [-0.39, 0.29) is 23.8 Å². The lowest BCUT2D eigenvalue weighted by atomic mass is 9.94. The highest BCUT2D eigenvalue weighted by atomic mass is 16.5. The van der Waals surface area contributed by atoms with Gasteiger partial charge < -0.3 is 15.8 Å². The number of nitrogens with two attached hydrogens (primary N) is 1. The molecule has 4 nitrogen and oxygen atoms in total. The van der Waals surface area contributed by atoms with Crippen LogP contribution in [0.1, 0.15) is 39.3 Å². The highest BCUT2D eigenvalue weighted by Crippen LogP contribution is 2.19. The quantitative estimate of drug-likeness (QED) is 0.805. The first-order valence-electron chi connectivity index (χ1n) is 7.22. The molecule has 0 aromatic heterocycles. The standard InChI is InChI=1S/C16H26N2O2/c1-5-20-14-8-6-13(7-9-14)12(4)18-16(19)15(10-17)11(2)3/h6-9,11-12,15H,5,10,17H2,1-4H3,(H,18,19). The molecule has 0 saturated heterocycles. The molecule has 0 aliphatic rings. The summed E-state index contributed by atoms with van der Waals surface area (Å²) in [6, 6.07) is 7.76. The first-order valence-corrected chi connectivity index (χ1v) is 7.22. The maximum Gasteiger partial charge on any atom is 0.225 e. The molecule has 112 valence electrons. The highest BCUT2D eigenvalue weighted by Gasteiger charge is 2.22. The Morgan fingerprint density at radius 3 is 2.30 bits per heavy atom. The third-order valence-electron chi connectivity index (χ3n) is 3.45. The van der Waals surface area contributed by atoms with Gasteiger partial charge in [0.1, 0.15) is 5.75 Å². The van der Waals surface area contributed by atoms with Crippen LogP contribution >= 0.6 is 0 Å². The summed E-state index contributed by atoms with van der Waals surface area (Å²) in [5.74, 6) is 0.966. The predicted octanol–water partition coefficient (Wildman–Crippen LogP) is 2.49. The van der Waals surface area contributed by atoms with Gasteiger partial charge in [0.15, 0.2) is 0 Å². The molecule has 2 unspecified atom stereocenters. The number of amides is 1. The highest BCUT2D eigenvalue weighted by molar-refractivity contribution is 5.79. The second kappa shape index (κ2) is 7.90. The summed E-state index contributed by atoms with van der Waals surface area (Å²) in [7, 11) is 0. The van der Waals surface area contributed by atoms with E-state index >= 15 is 0 Å². The summed E-state index contributed by atoms with van der Waals surface area (Å²) in [6.45, 7) is 8.98. The van der Waals surface area contributed by atoms with Gasteiger partial charge in [-0.2, -0.15) is 0 Å². The van der Waals surface area contributed by atoms with Crippen LogP contribution < -0.4 is 15.8 Å². The number of ether oxygens (including phenoxy) is 1. The van der Waals surface area contributed by atoms with Gasteiger partial charge in [0, 0.05) is 6.54 Å². The van der Waals surface area contributed by atoms with Crippen LogP contribution in [0.5, 0.6) is 5.75 Å². The van der Waals surface area contributed by atoms with E-state index in [1.54, 1.807) is 0 Å². The van der Waals surface area contributed by atoms with Crippen LogP contribution in [-0.2, 0) is 4.79 Å². The summed E-state index contributed by atoms with van der Waals surface area (Å²) in [4.78, 5) is 12.2. The monoisotopic (exact) mass is 278 g/mol. The van der Waals surface area contributed by atoms with E-state index < -0.39 is 0 Å². The van der Waals surface area contributed by atoms with Crippen LogP contribution in [0.4, 0.5) is 0 Å². The van der Waals surface area contributed by atoms with Crippen LogP contribution in [0.25, 0.3) is 0 Å². The molecule has 4 heteroatoms. The molecule has 0 saturated carbocycles. The van der Waals surface area contributed by atoms with Crippen molar-refractivity contribution in [3.63, 3.8) is 0 Å². The lowest BCUT2D eigenvalue weighted by Crippen LogP contribution is -2.39. The van der Waals surface area contributed by atoms with E-state index in [4.69, 9.17) is 10.5 Å². The lowest BCUT2D eigenvalue weighted by Gasteiger charge is -2.22. The number of hydrogen-bond donors (Lipinski definition) is 2. The van der Waals surface area contributed by atoms with Crippen LogP contribution in [0.2, 0.25) is 0 Å². The van der Waals surface area contributed by atoms with Gasteiger partial charge in [-0.3, -0.25) is 4.79 Å². The summed E-state index contributed by atoms with van der Waals surface area (Å²) in [6.07, 6.45) is 0. The fraction of sp³-hybridized carbons (Fsp3) is 0.562. The van der Waals surface area contributed by atoms with Crippen molar-refractivity contribution >= 4 is 5.91 Å². The number of carbonyl (C=O) groups excluding carboxylic acids is 1. The van der Waals surface area contributed by atoms with Crippen LogP contribution in [0.3, 0.4) is 0 Å². The van der Waals surface area contributed by atoms with Gasteiger partial charge in [0.2, 0.25) is 5.91 Å². The average molecular weight is 278 g/mol. The Kier molecular flexibility index (Phi) is 6.52. The summed E-state index contributed by atoms with van der Waals surface area (Å²) in [5.41, 5.74) is 6.72. The Morgan fingerprint density at radius 2 is 1.85 bits per heavy atom. The van der Waals surface area contributed by atoms with Gasteiger partial charge in [0.25, 0.3) is 0 Å². The summed E-state index contributed by atoms with van der Waals surface area (Å²) >= 11 is 0. The van der Waals surface area contributed by atoms with E-state index in [2.05, 4.69) is 5.32 Å². The number of benzene rings is 1. The molecule has 1 amide bonds. The average Bonchev–Trinajstić information content (AvgIpc) is 2.40. The molecule has 1 aromatic carbocycles. The SMILES string of the molecule is CCOc1ccc(C(C)NC(=O)C(CN)C(C)C)cc1. The molecule has 0 radical (unpaired) electrons. The molecule has 0 spiro atoms. The van der Waals surface area contributed by atoms with Crippen molar-refractivity contribution in [3.8, 4) is 5.75 Å². The number of nitrogens with one attached hydrogen (secondary N) is 1. The largest absolute Gasteiger partial charge is 0.494 e. The lowest BCUT2D eigenvalue weighted by molar-refractivity contribution is -0.126. The van der Waals surface area contributed by atoms with Crippen molar-refractivity contribution in [2.45, 2.75) is 33.7 Å². The van der Waals surface area contributed by atoms with Crippen LogP contribution in [0, 0.1) is 11.8 Å². The molecular weight excluding hydrogens is 252 g/mol. The number of hydrogen-bond acceptors (Lipinski definition) is 3. The fourth-order valence-electron chi connectivity index (χ4n) is 2.11. The van der Waals surface area contributed by atoms with Gasteiger partial charge in [-0.15, -0.1) is 0 Å². The zero-order chi connectivity index (χ0) is 15.1. The smallest absolute Gasteiger partial charge is 0.225 e. The minimum atomic E-state index is -0.139. The third kappa shape index (κ3) is 4.53. The number of rotatable bonds is 7. The van der Waals surface area contributed by atoms with E-state index in [9.17, 15) is 4.79 Å². The maximum absolute atomic E-state index is 12.2. The van der Waals surface area contributed by atoms with Gasteiger partial charge in [-0.1, -0.05) is 26.0 Å². The topological polar surface area (TPSA) is 64.3 Å². The van der Waals surface area contributed by atoms with Crippen molar-refractivity contribution in [2.24, 2.45) is 17.6 Å². The van der Waals surface area contributed by atoms with Crippen molar-refractivity contribution in [3.05, 3.63) is 29.8 Å². The van der Waals surface area contributed by atoms with Crippen LogP contribution in [0.15, 0.2) is 24.3 Å². The van der Waals surface area contributed by atoms with Gasteiger partial charge in [-0.05, 0) is 37.5 Å². The van der Waals surface area contributed by atoms with Gasteiger partial charge in [-0.25, -0.2) is 0 Å². The second-order valence-electron chi connectivity index (χ2n) is 5.32.